The molecule has 0 aliphatic rings. The molecule has 3 rings (SSSR count). The highest BCUT2D eigenvalue weighted by atomic mass is 19.1. The first-order chi connectivity index (χ1) is 12.7. The van der Waals surface area contributed by atoms with Gasteiger partial charge in [0.05, 0.1) is 17.9 Å². The van der Waals surface area contributed by atoms with Crippen molar-refractivity contribution in [3.63, 3.8) is 0 Å². The molecule has 0 fully saturated rings. The topological polar surface area (TPSA) is 56.5 Å². The van der Waals surface area contributed by atoms with Gasteiger partial charge in [0.1, 0.15) is 5.82 Å². The molecule has 0 radical (unpaired) electrons. The second-order valence-corrected chi connectivity index (χ2v) is 7.05. The van der Waals surface area contributed by atoms with E-state index in [1.54, 1.807) is 17.5 Å². The molecule has 0 amide bonds. The van der Waals surface area contributed by atoms with Crippen LogP contribution in [0.15, 0.2) is 18.2 Å². The molecule has 0 aliphatic carbocycles. The summed E-state index contributed by atoms with van der Waals surface area (Å²) in [6, 6.07) is 4.74. The maximum atomic E-state index is 13.8. The predicted octanol–water partition coefficient (Wildman–Crippen LogP) is 4.76. The van der Waals surface area contributed by atoms with Crippen molar-refractivity contribution in [1.82, 2.24) is 14.6 Å². The van der Waals surface area contributed by atoms with E-state index in [0.29, 0.717) is 5.65 Å². The highest BCUT2D eigenvalue weighted by Gasteiger charge is 2.23. The Balaban J connectivity index is 2.38. The van der Waals surface area contributed by atoms with Crippen molar-refractivity contribution in [2.45, 2.75) is 47.5 Å². The first kappa shape index (κ1) is 19.0. The fraction of sp³-hybridized carbons (Fsp3) is 0.381. The number of esters is 1. The first-order valence-electron chi connectivity index (χ1n) is 9.09. The van der Waals surface area contributed by atoms with E-state index in [1.165, 1.54) is 12.1 Å². The average molecular weight is 369 g/mol. The molecule has 142 valence electrons. The number of hydrogen-bond acceptors (Lipinski definition) is 4. The number of ether oxygens (including phenoxy) is 1. The summed E-state index contributed by atoms with van der Waals surface area (Å²) in [5, 5.41) is 4.67. The standard InChI is InChI=1S/C21H24FN3O2/c1-7-27-21(26)16-10-17(11(2)3)25-20(23-16)19(14(6)24-25)18-12(4)8-15(22)9-13(18)5/h8-11H,7H2,1-6H3. The summed E-state index contributed by atoms with van der Waals surface area (Å²) in [7, 11) is 0. The lowest BCUT2D eigenvalue weighted by Crippen LogP contribution is -2.12. The van der Waals surface area contributed by atoms with E-state index in [9.17, 15) is 9.18 Å². The summed E-state index contributed by atoms with van der Waals surface area (Å²) in [5.41, 5.74) is 5.81. The van der Waals surface area contributed by atoms with Gasteiger partial charge in [-0.15, -0.1) is 0 Å². The quantitative estimate of drug-likeness (QED) is 0.622. The van der Waals surface area contributed by atoms with E-state index in [1.807, 2.05) is 34.6 Å². The molecular formula is C21H24FN3O2. The Labute approximate surface area is 158 Å². The Hall–Kier alpha value is -2.76. The summed E-state index contributed by atoms with van der Waals surface area (Å²) in [6.07, 6.45) is 0. The molecule has 0 bridgehead atoms. The summed E-state index contributed by atoms with van der Waals surface area (Å²) in [4.78, 5) is 16.9. The molecule has 2 aromatic heterocycles. The van der Waals surface area contributed by atoms with Crippen molar-refractivity contribution in [2.24, 2.45) is 0 Å². The van der Waals surface area contributed by atoms with Gasteiger partial charge in [0.15, 0.2) is 11.3 Å². The number of benzene rings is 1. The van der Waals surface area contributed by atoms with E-state index in [-0.39, 0.29) is 24.0 Å². The average Bonchev–Trinajstić information content (AvgIpc) is 2.89. The van der Waals surface area contributed by atoms with Crippen molar-refractivity contribution < 1.29 is 13.9 Å². The van der Waals surface area contributed by atoms with Crippen LogP contribution in [-0.2, 0) is 4.74 Å². The van der Waals surface area contributed by atoms with Crippen LogP contribution in [0, 0.1) is 26.6 Å². The van der Waals surface area contributed by atoms with Gasteiger partial charge in [-0.2, -0.15) is 5.10 Å². The fourth-order valence-corrected chi connectivity index (χ4v) is 3.46. The molecule has 0 spiro atoms. The highest BCUT2D eigenvalue weighted by molar-refractivity contribution is 5.90. The van der Waals surface area contributed by atoms with Gasteiger partial charge < -0.3 is 4.74 Å². The number of carbonyl (C=O) groups excluding carboxylic acids is 1. The number of aryl methyl sites for hydroxylation is 3. The zero-order valence-corrected chi connectivity index (χ0v) is 16.6. The molecule has 1 aromatic carbocycles. The van der Waals surface area contributed by atoms with Gasteiger partial charge in [0.2, 0.25) is 0 Å². The molecule has 0 N–H and O–H groups in total. The second-order valence-electron chi connectivity index (χ2n) is 7.05. The van der Waals surface area contributed by atoms with Gasteiger partial charge in [-0.3, -0.25) is 0 Å². The maximum Gasteiger partial charge on any atom is 0.357 e. The number of carbonyl (C=O) groups is 1. The molecule has 0 saturated carbocycles. The van der Waals surface area contributed by atoms with Crippen LogP contribution in [0.25, 0.3) is 16.8 Å². The second kappa shape index (κ2) is 7.10. The van der Waals surface area contributed by atoms with E-state index in [0.717, 1.165) is 33.6 Å². The number of aromatic nitrogens is 3. The van der Waals surface area contributed by atoms with E-state index < -0.39 is 5.97 Å². The third-order valence-corrected chi connectivity index (χ3v) is 4.62. The Morgan fingerprint density at radius 2 is 1.78 bits per heavy atom. The Morgan fingerprint density at radius 1 is 1.15 bits per heavy atom. The lowest BCUT2D eigenvalue weighted by atomic mass is 9.95. The van der Waals surface area contributed by atoms with Crippen LogP contribution in [0.3, 0.4) is 0 Å². The summed E-state index contributed by atoms with van der Waals surface area (Å²) in [5.74, 6) is -0.601. The lowest BCUT2D eigenvalue weighted by Gasteiger charge is -2.13. The summed E-state index contributed by atoms with van der Waals surface area (Å²) < 4.78 is 20.7. The van der Waals surface area contributed by atoms with Gasteiger partial charge in [0.25, 0.3) is 0 Å². The molecule has 3 aromatic rings. The zero-order chi connectivity index (χ0) is 19.9. The van der Waals surface area contributed by atoms with Crippen LogP contribution in [0.2, 0.25) is 0 Å². The van der Waals surface area contributed by atoms with Crippen LogP contribution in [0.4, 0.5) is 4.39 Å². The summed E-state index contributed by atoms with van der Waals surface area (Å²) >= 11 is 0. The number of hydrogen-bond donors (Lipinski definition) is 0. The van der Waals surface area contributed by atoms with Crippen molar-refractivity contribution in [3.05, 3.63) is 52.2 Å². The molecule has 0 saturated heterocycles. The third-order valence-electron chi connectivity index (χ3n) is 4.62. The monoisotopic (exact) mass is 369 g/mol. The van der Waals surface area contributed by atoms with Crippen molar-refractivity contribution >= 4 is 11.6 Å². The molecule has 27 heavy (non-hydrogen) atoms. The van der Waals surface area contributed by atoms with Gasteiger partial charge in [0, 0.05) is 5.69 Å². The van der Waals surface area contributed by atoms with Crippen molar-refractivity contribution in [2.75, 3.05) is 6.61 Å². The van der Waals surface area contributed by atoms with Gasteiger partial charge in [-0.1, -0.05) is 13.8 Å². The fourth-order valence-electron chi connectivity index (χ4n) is 3.46. The Morgan fingerprint density at radius 3 is 2.33 bits per heavy atom. The zero-order valence-electron chi connectivity index (χ0n) is 16.6. The van der Waals surface area contributed by atoms with Crippen molar-refractivity contribution in [3.8, 4) is 11.1 Å². The normalized spacial score (nSPS) is 11.4. The number of fused-ring (bicyclic) bond motifs is 1. The summed E-state index contributed by atoms with van der Waals surface area (Å²) in [6.45, 7) is 11.8. The highest BCUT2D eigenvalue weighted by Crippen LogP contribution is 2.34. The predicted molar refractivity (Wildman–Crippen MR) is 103 cm³/mol. The number of halogens is 1. The molecule has 0 atom stereocenters. The van der Waals surface area contributed by atoms with Crippen LogP contribution < -0.4 is 0 Å². The third kappa shape index (κ3) is 3.31. The SMILES string of the molecule is CCOC(=O)c1cc(C(C)C)n2nc(C)c(-c3c(C)cc(F)cc3C)c2n1. The van der Waals surface area contributed by atoms with E-state index in [2.05, 4.69) is 10.1 Å². The van der Waals surface area contributed by atoms with Gasteiger partial charge >= 0.3 is 5.97 Å². The van der Waals surface area contributed by atoms with Crippen LogP contribution in [-0.4, -0.2) is 27.2 Å². The minimum absolute atomic E-state index is 0.131. The van der Waals surface area contributed by atoms with E-state index >= 15 is 0 Å². The Kier molecular flexibility index (Phi) is 5.00. The molecule has 5 nitrogen and oxygen atoms in total. The van der Waals surface area contributed by atoms with Crippen LogP contribution in [0.5, 0.6) is 0 Å². The lowest BCUT2D eigenvalue weighted by molar-refractivity contribution is 0.0519. The molecule has 2 heterocycles. The van der Waals surface area contributed by atoms with Crippen molar-refractivity contribution in [1.29, 1.82) is 0 Å². The maximum absolute atomic E-state index is 13.8. The van der Waals surface area contributed by atoms with Crippen LogP contribution >= 0.6 is 0 Å². The van der Waals surface area contributed by atoms with E-state index in [4.69, 9.17) is 4.74 Å². The van der Waals surface area contributed by atoms with Gasteiger partial charge in [-0.05, 0) is 68.5 Å². The molecule has 0 unspecified atom stereocenters. The smallest absolute Gasteiger partial charge is 0.357 e. The molecule has 0 aliphatic heterocycles. The van der Waals surface area contributed by atoms with Crippen LogP contribution in [0.1, 0.15) is 59.7 Å². The largest absolute Gasteiger partial charge is 0.461 e. The Bertz CT molecular complexity index is 1010. The minimum atomic E-state index is -0.459. The molecular weight excluding hydrogens is 345 g/mol. The van der Waals surface area contributed by atoms with Gasteiger partial charge in [-0.25, -0.2) is 18.7 Å². The first-order valence-corrected chi connectivity index (χ1v) is 9.09. The minimum Gasteiger partial charge on any atom is -0.461 e. The number of nitrogens with zero attached hydrogens (tertiary/aromatic N) is 3. The number of rotatable bonds is 4. The molecule has 6 heteroatoms.